The molecule has 0 radical (unpaired) electrons. The quantitative estimate of drug-likeness (QED) is 0.739. The van der Waals surface area contributed by atoms with Crippen LogP contribution in [0.1, 0.15) is 30.4 Å². The standard InChI is InChI=1S/C10H18N4O/c1-8-12-13-10(14(8)5-6-15)9-3-2-4-11-7-9/h9,11,15H,2-7H2,1H3. The maximum Gasteiger partial charge on any atom is 0.137 e. The second kappa shape index (κ2) is 4.72. The van der Waals surface area contributed by atoms with Gasteiger partial charge in [-0.25, -0.2) is 0 Å². The molecule has 1 aromatic heterocycles. The summed E-state index contributed by atoms with van der Waals surface area (Å²) in [5, 5.41) is 20.7. The minimum atomic E-state index is 0.145. The monoisotopic (exact) mass is 210 g/mol. The van der Waals surface area contributed by atoms with E-state index in [1.54, 1.807) is 0 Å². The van der Waals surface area contributed by atoms with Gasteiger partial charge in [0.2, 0.25) is 0 Å². The number of aliphatic hydroxyl groups is 1. The molecule has 1 saturated heterocycles. The Hall–Kier alpha value is -0.940. The smallest absolute Gasteiger partial charge is 0.137 e. The summed E-state index contributed by atoms with van der Waals surface area (Å²) in [7, 11) is 0. The second-order valence-electron chi connectivity index (χ2n) is 4.02. The van der Waals surface area contributed by atoms with Gasteiger partial charge in [-0.1, -0.05) is 0 Å². The fraction of sp³-hybridized carbons (Fsp3) is 0.800. The molecule has 0 saturated carbocycles. The first-order chi connectivity index (χ1) is 7.33. The molecule has 15 heavy (non-hydrogen) atoms. The maximum absolute atomic E-state index is 8.99. The van der Waals surface area contributed by atoms with Crippen LogP contribution < -0.4 is 5.32 Å². The minimum absolute atomic E-state index is 0.145. The lowest BCUT2D eigenvalue weighted by atomic mass is 9.99. The summed E-state index contributed by atoms with van der Waals surface area (Å²) in [6, 6.07) is 0. The van der Waals surface area contributed by atoms with E-state index in [1.807, 2.05) is 11.5 Å². The number of hydrogen-bond donors (Lipinski definition) is 2. The summed E-state index contributed by atoms with van der Waals surface area (Å²) < 4.78 is 2.03. The third-order valence-corrected chi connectivity index (χ3v) is 2.95. The molecule has 5 nitrogen and oxygen atoms in total. The molecule has 2 rings (SSSR count). The van der Waals surface area contributed by atoms with E-state index in [4.69, 9.17) is 5.11 Å². The number of nitrogens with one attached hydrogen (secondary N) is 1. The molecule has 1 atom stereocenters. The van der Waals surface area contributed by atoms with Crippen molar-refractivity contribution in [2.75, 3.05) is 19.7 Å². The fourth-order valence-electron chi connectivity index (χ4n) is 2.15. The average molecular weight is 210 g/mol. The van der Waals surface area contributed by atoms with Gasteiger partial charge in [-0.05, 0) is 26.3 Å². The van der Waals surface area contributed by atoms with Gasteiger partial charge in [-0.15, -0.1) is 10.2 Å². The van der Waals surface area contributed by atoms with E-state index in [2.05, 4.69) is 15.5 Å². The van der Waals surface area contributed by atoms with E-state index >= 15 is 0 Å². The summed E-state index contributed by atoms with van der Waals surface area (Å²) in [5.41, 5.74) is 0. The molecule has 2 heterocycles. The molecule has 1 fully saturated rings. The van der Waals surface area contributed by atoms with Crippen LogP contribution in [0.25, 0.3) is 0 Å². The number of nitrogens with zero attached hydrogens (tertiary/aromatic N) is 3. The third kappa shape index (κ3) is 2.18. The van der Waals surface area contributed by atoms with E-state index in [0.717, 1.165) is 31.2 Å². The van der Waals surface area contributed by atoms with Crippen LogP contribution in [-0.2, 0) is 6.54 Å². The van der Waals surface area contributed by atoms with Crippen molar-refractivity contribution in [1.82, 2.24) is 20.1 Å². The number of rotatable bonds is 3. The summed E-state index contributed by atoms with van der Waals surface area (Å²) in [6.07, 6.45) is 2.35. The summed E-state index contributed by atoms with van der Waals surface area (Å²) in [5.74, 6) is 2.37. The van der Waals surface area contributed by atoms with Crippen molar-refractivity contribution in [3.8, 4) is 0 Å². The Labute approximate surface area is 89.5 Å². The first kappa shape index (κ1) is 10.6. The number of hydrogen-bond acceptors (Lipinski definition) is 4. The number of aliphatic hydroxyl groups excluding tert-OH is 1. The zero-order valence-electron chi connectivity index (χ0n) is 9.11. The van der Waals surface area contributed by atoms with Gasteiger partial charge in [0.05, 0.1) is 6.61 Å². The highest BCUT2D eigenvalue weighted by molar-refractivity contribution is 5.03. The summed E-state index contributed by atoms with van der Waals surface area (Å²) in [4.78, 5) is 0. The van der Waals surface area contributed by atoms with Crippen LogP contribution in [0.2, 0.25) is 0 Å². The second-order valence-corrected chi connectivity index (χ2v) is 4.02. The van der Waals surface area contributed by atoms with E-state index in [-0.39, 0.29) is 6.61 Å². The zero-order valence-corrected chi connectivity index (χ0v) is 9.11. The Morgan fingerprint density at radius 3 is 3.07 bits per heavy atom. The van der Waals surface area contributed by atoms with Gasteiger partial charge in [-0.3, -0.25) is 0 Å². The Morgan fingerprint density at radius 2 is 2.40 bits per heavy atom. The largest absolute Gasteiger partial charge is 0.395 e. The molecule has 0 amide bonds. The van der Waals surface area contributed by atoms with Crippen LogP contribution in [0.5, 0.6) is 0 Å². The van der Waals surface area contributed by atoms with Crippen LogP contribution in [0.15, 0.2) is 0 Å². The lowest BCUT2D eigenvalue weighted by molar-refractivity contribution is 0.270. The molecule has 2 N–H and O–H groups in total. The Bertz CT molecular complexity index is 317. The minimum Gasteiger partial charge on any atom is -0.395 e. The zero-order chi connectivity index (χ0) is 10.7. The first-order valence-electron chi connectivity index (χ1n) is 5.54. The van der Waals surface area contributed by atoms with Crippen molar-refractivity contribution >= 4 is 0 Å². The predicted molar refractivity (Wildman–Crippen MR) is 56.7 cm³/mol. The Balaban J connectivity index is 2.18. The molecule has 0 aromatic carbocycles. The van der Waals surface area contributed by atoms with Gasteiger partial charge >= 0.3 is 0 Å². The van der Waals surface area contributed by atoms with Crippen molar-refractivity contribution in [2.45, 2.75) is 32.2 Å². The van der Waals surface area contributed by atoms with Crippen LogP contribution in [0.4, 0.5) is 0 Å². The Kier molecular flexibility index (Phi) is 3.33. The normalized spacial score (nSPS) is 21.9. The molecule has 1 aromatic rings. The maximum atomic E-state index is 8.99. The number of piperidine rings is 1. The molecule has 1 aliphatic rings. The summed E-state index contributed by atoms with van der Waals surface area (Å²) >= 11 is 0. The van der Waals surface area contributed by atoms with E-state index in [0.29, 0.717) is 12.5 Å². The van der Waals surface area contributed by atoms with Crippen LogP contribution >= 0.6 is 0 Å². The van der Waals surface area contributed by atoms with Crippen molar-refractivity contribution < 1.29 is 5.11 Å². The van der Waals surface area contributed by atoms with Crippen LogP contribution in [0, 0.1) is 6.92 Å². The average Bonchev–Trinajstić information content (AvgIpc) is 2.63. The van der Waals surface area contributed by atoms with Gasteiger partial charge in [-0.2, -0.15) is 0 Å². The molecule has 1 aliphatic heterocycles. The van der Waals surface area contributed by atoms with Gasteiger partial charge in [0.15, 0.2) is 0 Å². The van der Waals surface area contributed by atoms with Gasteiger partial charge in [0, 0.05) is 19.0 Å². The van der Waals surface area contributed by atoms with Crippen LogP contribution in [0.3, 0.4) is 0 Å². The SMILES string of the molecule is Cc1nnc(C2CCCNC2)n1CCO. The van der Waals surface area contributed by atoms with E-state index in [1.165, 1.54) is 6.42 Å². The molecule has 0 bridgehead atoms. The lowest BCUT2D eigenvalue weighted by Crippen LogP contribution is -2.30. The van der Waals surface area contributed by atoms with E-state index in [9.17, 15) is 0 Å². The number of aryl methyl sites for hydroxylation is 1. The highest BCUT2D eigenvalue weighted by Gasteiger charge is 2.21. The van der Waals surface area contributed by atoms with Gasteiger partial charge in [0.25, 0.3) is 0 Å². The van der Waals surface area contributed by atoms with E-state index < -0.39 is 0 Å². The highest BCUT2D eigenvalue weighted by Crippen LogP contribution is 2.21. The van der Waals surface area contributed by atoms with Crippen molar-refractivity contribution in [2.24, 2.45) is 0 Å². The molecule has 0 aliphatic carbocycles. The van der Waals surface area contributed by atoms with Gasteiger partial charge < -0.3 is 15.0 Å². The molecular formula is C10H18N4O. The van der Waals surface area contributed by atoms with Crippen molar-refractivity contribution in [3.05, 3.63) is 11.6 Å². The first-order valence-corrected chi connectivity index (χ1v) is 5.54. The molecule has 1 unspecified atom stereocenters. The molecule has 5 heteroatoms. The molecule has 0 spiro atoms. The molecule has 84 valence electrons. The lowest BCUT2D eigenvalue weighted by Gasteiger charge is -2.22. The predicted octanol–water partition coefficient (Wildman–Crippen LogP) is 0.0458. The molecular weight excluding hydrogens is 192 g/mol. The third-order valence-electron chi connectivity index (χ3n) is 2.95. The topological polar surface area (TPSA) is 63.0 Å². The fourth-order valence-corrected chi connectivity index (χ4v) is 2.15. The van der Waals surface area contributed by atoms with Crippen molar-refractivity contribution in [1.29, 1.82) is 0 Å². The summed E-state index contributed by atoms with van der Waals surface area (Å²) in [6.45, 7) is 4.76. The number of aromatic nitrogens is 3. The Morgan fingerprint density at radius 1 is 1.53 bits per heavy atom. The van der Waals surface area contributed by atoms with Gasteiger partial charge in [0.1, 0.15) is 11.6 Å². The van der Waals surface area contributed by atoms with Crippen LogP contribution in [-0.4, -0.2) is 39.6 Å². The highest BCUT2D eigenvalue weighted by atomic mass is 16.3. The van der Waals surface area contributed by atoms with Crippen molar-refractivity contribution in [3.63, 3.8) is 0 Å².